The molecule has 1 saturated carbocycles. The molecule has 0 radical (unpaired) electrons. The van der Waals surface area contributed by atoms with Crippen LogP contribution in [-0.2, 0) is 0 Å². The number of aromatic nitrogens is 3. The molecule has 0 amide bonds. The predicted molar refractivity (Wildman–Crippen MR) is 102 cm³/mol. The molecular formula is C20H17F5N4O2. The van der Waals surface area contributed by atoms with E-state index in [0.29, 0.717) is 0 Å². The van der Waals surface area contributed by atoms with E-state index in [1.54, 1.807) is 0 Å². The molecule has 1 aliphatic carbocycles. The van der Waals surface area contributed by atoms with Gasteiger partial charge in [0.2, 0.25) is 6.43 Å². The first kappa shape index (κ1) is 21.2. The van der Waals surface area contributed by atoms with Crippen LogP contribution >= 0.6 is 0 Å². The first-order valence-corrected chi connectivity index (χ1v) is 9.36. The second kappa shape index (κ2) is 7.88. The Kier molecular flexibility index (Phi) is 5.38. The lowest BCUT2D eigenvalue weighted by Gasteiger charge is -2.18. The van der Waals surface area contributed by atoms with Crippen molar-refractivity contribution in [2.75, 3.05) is 5.32 Å². The van der Waals surface area contributed by atoms with E-state index in [4.69, 9.17) is 0 Å². The van der Waals surface area contributed by atoms with Crippen molar-refractivity contribution in [3.8, 4) is 0 Å². The largest absolute Gasteiger partial charge is 0.369 e. The van der Waals surface area contributed by atoms with Crippen molar-refractivity contribution in [2.45, 2.75) is 38.5 Å². The molecule has 2 heterocycles. The van der Waals surface area contributed by atoms with Gasteiger partial charge in [-0.05, 0) is 13.3 Å². The zero-order chi connectivity index (χ0) is 22.4. The fraction of sp³-hybridized carbons (Fsp3) is 0.350. The van der Waals surface area contributed by atoms with Crippen LogP contribution in [0.4, 0.5) is 27.8 Å². The summed E-state index contributed by atoms with van der Waals surface area (Å²) >= 11 is 0. The minimum absolute atomic E-state index is 0.00885. The number of nitrogens with zero attached hydrogens (tertiary/aromatic N) is 3. The van der Waals surface area contributed by atoms with E-state index in [1.807, 2.05) is 0 Å². The van der Waals surface area contributed by atoms with Crippen LogP contribution in [0.15, 0.2) is 35.5 Å². The van der Waals surface area contributed by atoms with Gasteiger partial charge < -0.3 is 15.0 Å². The second-order valence-corrected chi connectivity index (χ2v) is 7.35. The SMILES string of the molecule is Cc1c(=O)n(C2C[C@@H]2C(F)F)cc2c(N[C@H](O)c3cccc(C(F)F)c3F)ncnc12. The third-order valence-corrected chi connectivity index (χ3v) is 5.41. The van der Waals surface area contributed by atoms with E-state index >= 15 is 0 Å². The van der Waals surface area contributed by atoms with E-state index < -0.39 is 53.5 Å². The van der Waals surface area contributed by atoms with E-state index in [0.717, 1.165) is 18.5 Å². The van der Waals surface area contributed by atoms with E-state index in [1.165, 1.54) is 23.8 Å². The molecule has 0 bridgehead atoms. The number of benzene rings is 1. The summed E-state index contributed by atoms with van der Waals surface area (Å²) in [5.74, 6) is -2.21. The Bertz CT molecular complexity index is 1200. The second-order valence-electron chi connectivity index (χ2n) is 7.35. The molecule has 11 heteroatoms. The zero-order valence-electron chi connectivity index (χ0n) is 16.1. The number of hydrogen-bond acceptors (Lipinski definition) is 5. The van der Waals surface area contributed by atoms with Crippen molar-refractivity contribution in [1.29, 1.82) is 0 Å². The van der Waals surface area contributed by atoms with Gasteiger partial charge >= 0.3 is 0 Å². The summed E-state index contributed by atoms with van der Waals surface area (Å²) in [5, 5.41) is 13.2. The summed E-state index contributed by atoms with van der Waals surface area (Å²) in [5.41, 5.74) is -1.33. The number of anilines is 1. The summed E-state index contributed by atoms with van der Waals surface area (Å²) in [6.07, 6.45) is -4.80. The Morgan fingerprint density at radius 2 is 1.90 bits per heavy atom. The lowest BCUT2D eigenvalue weighted by atomic mass is 10.1. The molecule has 1 aliphatic rings. The first-order chi connectivity index (χ1) is 14.7. The number of fused-ring (bicyclic) bond motifs is 1. The highest BCUT2D eigenvalue weighted by Gasteiger charge is 2.46. The molecular weight excluding hydrogens is 423 g/mol. The summed E-state index contributed by atoms with van der Waals surface area (Å²) in [6, 6.07) is 2.56. The standard InChI is InChI=1S/C20H17F5N4O2/c1-8-15-12(6-29(20(8)31)13-5-11(13)17(24)25)18(27-7-26-15)28-19(30)10-4-2-3-9(14(10)21)16(22)23/h2-4,6-7,11,13,16-17,19,30H,5H2,1H3,(H,26,27,28)/t11-,13?,19+/m0/s1. The quantitative estimate of drug-likeness (QED) is 0.446. The van der Waals surface area contributed by atoms with Gasteiger partial charge in [-0.1, -0.05) is 18.2 Å². The minimum Gasteiger partial charge on any atom is -0.369 e. The maximum atomic E-state index is 14.4. The topological polar surface area (TPSA) is 80.0 Å². The van der Waals surface area contributed by atoms with Crippen LogP contribution in [-0.4, -0.2) is 26.1 Å². The van der Waals surface area contributed by atoms with Gasteiger partial charge in [0.15, 0.2) is 6.23 Å². The van der Waals surface area contributed by atoms with Gasteiger partial charge in [-0.3, -0.25) is 4.79 Å². The molecule has 0 spiro atoms. The van der Waals surface area contributed by atoms with Gasteiger partial charge in [0.05, 0.1) is 16.5 Å². The van der Waals surface area contributed by atoms with Crippen LogP contribution in [0.25, 0.3) is 10.9 Å². The lowest BCUT2D eigenvalue weighted by Crippen LogP contribution is -2.23. The Hall–Kier alpha value is -3.08. The monoisotopic (exact) mass is 440 g/mol. The van der Waals surface area contributed by atoms with Gasteiger partial charge in [0.1, 0.15) is 18.0 Å². The molecule has 3 atom stereocenters. The van der Waals surface area contributed by atoms with Crippen LogP contribution in [0.5, 0.6) is 0 Å². The molecule has 2 N–H and O–H groups in total. The maximum absolute atomic E-state index is 14.4. The van der Waals surface area contributed by atoms with Crippen LogP contribution in [0.1, 0.15) is 41.8 Å². The van der Waals surface area contributed by atoms with Crippen LogP contribution in [0.2, 0.25) is 0 Å². The smallest absolute Gasteiger partial charge is 0.266 e. The van der Waals surface area contributed by atoms with Crippen molar-refractivity contribution < 1.29 is 27.1 Å². The Balaban J connectivity index is 1.74. The van der Waals surface area contributed by atoms with Crippen molar-refractivity contribution in [2.24, 2.45) is 5.92 Å². The molecule has 1 fully saturated rings. The fourth-order valence-corrected chi connectivity index (χ4v) is 3.62. The minimum atomic E-state index is -3.06. The maximum Gasteiger partial charge on any atom is 0.266 e. The van der Waals surface area contributed by atoms with Crippen molar-refractivity contribution in [1.82, 2.24) is 14.5 Å². The number of alkyl halides is 4. The highest BCUT2D eigenvalue weighted by molar-refractivity contribution is 5.90. The molecule has 0 saturated heterocycles. The fourth-order valence-electron chi connectivity index (χ4n) is 3.62. The van der Waals surface area contributed by atoms with E-state index in [2.05, 4.69) is 15.3 Å². The molecule has 0 aliphatic heterocycles. The number of hydrogen-bond donors (Lipinski definition) is 2. The molecule has 2 aromatic heterocycles. The molecule has 4 rings (SSSR count). The van der Waals surface area contributed by atoms with Crippen molar-refractivity contribution in [3.63, 3.8) is 0 Å². The molecule has 3 aromatic rings. The number of aryl methyl sites for hydroxylation is 1. The molecule has 1 unspecified atom stereocenters. The average Bonchev–Trinajstić information content (AvgIpc) is 3.52. The van der Waals surface area contributed by atoms with Crippen LogP contribution < -0.4 is 10.9 Å². The van der Waals surface area contributed by atoms with Gasteiger partial charge in [0.25, 0.3) is 12.0 Å². The predicted octanol–water partition coefficient (Wildman–Crippen LogP) is 4.11. The normalized spacial score (nSPS) is 19.3. The van der Waals surface area contributed by atoms with Gasteiger partial charge in [0, 0.05) is 29.3 Å². The number of pyridine rings is 1. The Morgan fingerprint density at radius 1 is 1.19 bits per heavy atom. The van der Waals surface area contributed by atoms with E-state index in [9.17, 15) is 31.9 Å². The lowest BCUT2D eigenvalue weighted by molar-refractivity contribution is 0.116. The summed E-state index contributed by atoms with van der Waals surface area (Å²) < 4.78 is 67.5. The molecule has 1 aromatic carbocycles. The highest BCUT2D eigenvalue weighted by atomic mass is 19.3. The summed E-state index contributed by atoms with van der Waals surface area (Å²) in [4.78, 5) is 20.6. The van der Waals surface area contributed by atoms with Crippen LogP contribution in [0.3, 0.4) is 0 Å². The highest BCUT2D eigenvalue weighted by Crippen LogP contribution is 2.47. The van der Waals surface area contributed by atoms with Gasteiger partial charge in [-0.2, -0.15) is 0 Å². The third-order valence-electron chi connectivity index (χ3n) is 5.41. The molecule has 164 valence electrons. The molecule has 31 heavy (non-hydrogen) atoms. The third kappa shape index (κ3) is 3.73. The average molecular weight is 440 g/mol. The number of aliphatic hydroxyl groups excluding tert-OH is 1. The number of nitrogens with one attached hydrogen (secondary N) is 1. The number of aliphatic hydroxyl groups is 1. The van der Waals surface area contributed by atoms with Gasteiger partial charge in [-0.15, -0.1) is 0 Å². The van der Waals surface area contributed by atoms with Crippen molar-refractivity contribution in [3.05, 3.63) is 63.6 Å². The van der Waals surface area contributed by atoms with Crippen LogP contribution in [0, 0.1) is 18.7 Å². The Labute approximate surface area is 172 Å². The summed E-state index contributed by atoms with van der Waals surface area (Å²) in [7, 11) is 0. The first-order valence-electron chi connectivity index (χ1n) is 9.36. The molecule has 6 nitrogen and oxygen atoms in total. The Morgan fingerprint density at radius 3 is 2.55 bits per heavy atom. The van der Waals surface area contributed by atoms with Gasteiger partial charge in [-0.25, -0.2) is 31.9 Å². The zero-order valence-corrected chi connectivity index (χ0v) is 16.1. The number of halogens is 5. The van der Waals surface area contributed by atoms with Crippen molar-refractivity contribution >= 4 is 16.7 Å². The number of rotatable bonds is 6. The van der Waals surface area contributed by atoms with E-state index in [-0.39, 0.29) is 28.7 Å². The summed E-state index contributed by atoms with van der Waals surface area (Å²) in [6.45, 7) is 1.49.